The second-order valence-corrected chi connectivity index (χ2v) is 8.81. The van der Waals surface area contributed by atoms with Gasteiger partial charge in [0.2, 0.25) is 12.4 Å². The average molecular weight is 582 g/mol. The van der Waals surface area contributed by atoms with E-state index in [1.165, 1.54) is 6.92 Å². The molecule has 0 spiro atoms. The van der Waals surface area contributed by atoms with Crippen LogP contribution in [0.2, 0.25) is 0 Å². The summed E-state index contributed by atoms with van der Waals surface area (Å²) in [5.41, 5.74) is -1.06. The van der Waals surface area contributed by atoms with E-state index in [0.29, 0.717) is 9.13 Å². The molecular weight excluding hydrogens is 559 g/mol. The molecule has 1 aliphatic heterocycles. The number of carbonyl (C=O) groups excluding carboxylic acids is 4. The van der Waals surface area contributed by atoms with Gasteiger partial charge in [0.15, 0.2) is 5.60 Å². The number of carbonyl (C=O) groups is 4. The van der Waals surface area contributed by atoms with Gasteiger partial charge in [-0.1, -0.05) is 30.3 Å². The van der Waals surface area contributed by atoms with Gasteiger partial charge in [-0.05, 0) is 53.8 Å². The van der Waals surface area contributed by atoms with E-state index in [0.717, 1.165) is 13.8 Å². The van der Waals surface area contributed by atoms with Crippen molar-refractivity contribution >= 4 is 46.5 Å². The molecule has 2 unspecified atom stereocenters. The number of hydrogen-bond acceptors (Lipinski definition) is 9. The van der Waals surface area contributed by atoms with Gasteiger partial charge < -0.3 is 23.7 Å². The molecule has 10 heteroatoms. The Morgan fingerprint density at radius 1 is 0.912 bits per heavy atom. The molecule has 0 N–H and O–H groups in total. The molecule has 0 aromatic heterocycles. The van der Waals surface area contributed by atoms with Crippen LogP contribution >= 0.6 is 22.6 Å². The van der Waals surface area contributed by atoms with Gasteiger partial charge in [-0.25, -0.2) is 9.59 Å². The normalized spacial score (nSPS) is 23.6. The molecule has 1 aliphatic rings. The highest BCUT2D eigenvalue weighted by Crippen LogP contribution is 2.38. The maximum absolute atomic E-state index is 12.9. The first kappa shape index (κ1) is 25.6. The fourth-order valence-electron chi connectivity index (χ4n) is 3.44. The lowest BCUT2D eigenvalue weighted by Gasteiger charge is -2.33. The molecule has 4 atom stereocenters. The first-order chi connectivity index (χ1) is 16.1. The molecule has 0 bridgehead atoms. The molecule has 2 aromatic rings. The van der Waals surface area contributed by atoms with Crippen LogP contribution in [0, 0.1) is 3.57 Å². The number of halogens is 1. The van der Waals surface area contributed by atoms with Crippen molar-refractivity contribution in [2.75, 3.05) is 6.61 Å². The monoisotopic (exact) mass is 582 g/mol. The number of rotatable bonds is 7. The molecule has 1 saturated heterocycles. The van der Waals surface area contributed by atoms with E-state index in [9.17, 15) is 19.2 Å². The molecule has 0 radical (unpaired) electrons. The van der Waals surface area contributed by atoms with Gasteiger partial charge in [0.05, 0.1) is 11.1 Å². The van der Waals surface area contributed by atoms with Crippen LogP contribution in [0.1, 0.15) is 41.5 Å². The highest BCUT2D eigenvalue weighted by molar-refractivity contribution is 14.1. The molecule has 34 heavy (non-hydrogen) atoms. The Morgan fingerprint density at radius 3 is 2.15 bits per heavy atom. The van der Waals surface area contributed by atoms with Crippen molar-refractivity contribution in [3.8, 4) is 0 Å². The van der Waals surface area contributed by atoms with E-state index in [1.807, 2.05) is 22.6 Å². The lowest BCUT2D eigenvalue weighted by atomic mass is 9.94. The summed E-state index contributed by atoms with van der Waals surface area (Å²) in [6, 6.07) is 15.0. The summed E-state index contributed by atoms with van der Waals surface area (Å²) in [5, 5.41) is 0. The third kappa shape index (κ3) is 5.92. The first-order valence-corrected chi connectivity index (χ1v) is 11.4. The fraction of sp³-hybridized carbons (Fsp3) is 0.333. The maximum Gasteiger partial charge on any atom is 0.339 e. The van der Waals surface area contributed by atoms with Crippen LogP contribution in [-0.2, 0) is 33.3 Å². The van der Waals surface area contributed by atoms with Crippen molar-refractivity contribution in [2.24, 2.45) is 0 Å². The zero-order valence-electron chi connectivity index (χ0n) is 18.7. The molecule has 9 nitrogen and oxygen atoms in total. The molecule has 180 valence electrons. The topological polar surface area (TPSA) is 114 Å². The van der Waals surface area contributed by atoms with Crippen molar-refractivity contribution in [1.29, 1.82) is 0 Å². The quantitative estimate of drug-likeness (QED) is 0.276. The first-order valence-electron chi connectivity index (χ1n) is 10.3. The minimum atomic E-state index is -1.65. The smallest absolute Gasteiger partial charge is 0.339 e. The van der Waals surface area contributed by atoms with Crippen molar-refractivity contribution in [2.45, 2.75) is 44.9 Å². The number of hydrogen-bond donors (Lipinski definition) is 0. The highest BCUT2D eigenvalue weighted by atomic mass is 127. The van der Waals surface area contributed by atoms with Crippen LogP contribution in [0.3, 0.4) is 0 Å². The van der Waals surface area contributed by atoms with E-state index < -0.39 is 48.0 Å². The predicted octanol–water partition coefficient (Wildman–Crippen LogP) is 3.28. The van der Waals surface area contributed by atoms with Crippen molar-refractivity contribution in [3.63, 3.8) is 0 Å². The van der Waals surface area contributed by atoms with Gasteiger partial charge in [0.25, 0.3) is 0 Å². The minimum absolute atomic E-state index is 0.246. The average Bonchev–Trinajstić information content (AvgIpc) is 3.02. The number of esters is 4. The summed E-state index contributed by atoms with van der Waals surface area (Å²) in [6.07, 6.45) is -3.79. The maximum atomic E-state index is 12.9. The molecule has 1 fully saturated rings. The van der Waals surface area contributed by atoms with Gasteiger partial charge in [-0.3, -0.25) is 9.59 Å². The van der Waals surface area contributed by atoms with E-state index in [1.54, 1.807) is 54.6 Å². The standard InChI is InChI=1S/C24H23IO9/c1-14(26)31-20-23(32-15(2)27)33-19(13-30-22(29)17-11-7-8-12-18(17)25)24(20,3)34-21(28)16-9-5-4-6-10-16/h4-12,19-20,23H,13H2,1-3H3/t19-,20?,23?,24-/m0/s1. The fourth-order valence-corrected chi connectivity index (χ4v) is 4.05. The summed E-state index contributed by atoms with van der Waals surface area (Å²) in [4.78, 5) is 49.0. The van der Waals surface area contributed by atoms with Crippen molar-refractivity contribution in [3.05, 3.63) is 69.3 Å². The summed E-state index contributed by atoms with van der Waals surface area (Å²) in [6.45, 7) is 3.43. The lowest BCUT2D eigenvalue weighted by molar-refractivity contribution is -0.197. The van der Waals surface area contributed by atoms with Crippen LogP contribution in [0.5, 0.6) is 0 Å². The predicted molar refractivity (Wildman–Crippen MR) is 126 cm³/mol. The van der Waals surface area contributed by atoms with Crippen LogP contribution in [0.15, 0.2) is 54.6 Å². The van der Waals surface area contributed by atoms with Crippen LogP contribution in [-0.4, -0.2) is 54.6 Å². The van der Waals surface area contributed by atoms with Crippen LogP contribution in [0.25, 0.3) is 0 Å². The van der Waals surface area contributed by atoms with Gasteiger partial charge in [-0.2, -0.15) is 0 Å². The summed E-state index contributed by atoms with van der Waals surface area (Å²) in [7, 11) is 0. The molecule has 2 aromatic carbocycles. The Morgan fingerprint density at radius 2 is 1.53 bits per heavy atom. The largest absolute Gasteiger partial charge is 0.459 e. The summed E-state index contributed by atoms with van der Waals surface area (Å²) >= 11 is 2.01. The third-order valence-electron chi connectivity index (χ3n) is 5.11. The van der Waals surface area contributed by atoms with Gasteiger partial charge in [0.1, 0.15) is 12.7 Å². The Bertz CT molecular complexity index is 1070. The zero-order chi connectivity index (χ0) is 24.9. The van der Waals surface area contributed by atoms with E-state index >= 15 is 0 Å². The highest BCUT2D eigenvalue weighted by Gasteiger charge is 2.61. The van der Waals surface area contributed by atoms with E-state index in [4.69, 9.17) is 23.7 Å². The zero-order valence-corrected chi connectivity index (χ0v) is 20.8. The second-order valence-electron chi connectivity index (χ2n) is 7.65. The van der Waals surface area contributed by atoms with Crippen molar-refractivity contribution < 1.29 is 42.9 Å². The third-order valence-corrected chi connectivity index (χ3v) is 6.05. The second kappa shape index (κ2) is 11.0. The lowest BCUT2D eigenvalue weighted by Crippen LogP contribution is -2.52. The summed E-state index contributed by atoms with van der Waals surface area (Å²) in [5.74, 6) is -2.74. The van der Waals surface area contributed by atoms with E-state index in [2.05, 4.69) is 0 Å². The minimum Gasteiger partial charge on any atom is -0.459 e. The Labute approximate surface area is 209 Å². The molecule has 0 amide bonds. The number of benzene rings is 2. The van der Waals surface area contributed by atoms with Crippen LogP contribution < -0.4 is 0 Å². The van der Waals surface area contributed by atoms with Crippen molar-refractivity contribution in [1.82, 2.24) is 0 Å². The molecular formula is C24H23IO9. The summed E-state index contributed by atoms with van der Waals surface area (Å²) < 4.78 is 28.2. The molecule has 0 aliphatic carbocycles. The molecule has 1 heterocycles. The van der Waals surface area contributed by atoms with E-state index in [-0.39, 0.29) is 12.2 Å². The Kier molecular flexibility index (Phi) is 8.26. The number of ether oxygens (including phenoxy) is 5. The SMILES string of the molecule is CC(=O)OC1O[C@@H](COC(=O)c2ccccc2I)[C@](C)(OC(=O)c2ccccc2)C1OC(C)=O. The molecule has 3 rings (SSSR count). The molecule has 0 saturated carbocycles. The van der Waals surface area contributed by atoms with Gasteiger partial charge in [-0.15, -0.1) is 0 Å². The Balaban J connectivity index is 1.89. The van der Waals surface area contributed by atoms with Crippen LogP contribution in [0.4, 0.5) is 0 Å². The Hall–Kier alpha value is -2.99. The van der Waals surface area contributed by atoms with Gasteiger partial charge in [0, 0.05) is 17.4 Å². The van der Waals surface area contributed by atoms with Gasteiger partial charge >= 0.3 is 23.9 Å².